The number of hydrogen-bond donors (Lipinski definition) is 2. The van der Waals surface area contributed by atoms with Crippen LogP contribution in [-0.2, 0) is 0 Å². The second-order valence-corrected chi connectivity index (χ2v) is 6.31. The van der Waals surface area contributed by atoms with Gasteiger partial charge in [-0.1, -0.05) is 17.7 Å². The average Bonchev–Trinajstić information content (AvgIpc) is 2.86. The molecule has 0 spiro atoms. The van der Waals surface area contributed by atoms with Crippen molar-refractivity contribution in [3.8, 4) is 5.69 Å². The molecule has 0 fully saturated rings. The van der Waals surface area contributed by atoms with E-state index in [1.54, 1.807) is 13.8 Å². The Morgan fingerprint density at radius 3 is 2.43 bits per heavy atom. The number of nitrogens with zero attached hydrogens (tertiary/aromatic N) is 2. The number of aromatic nitrogens is 2. The summed E-state index contributed by atoms with van der Waals surface area (Å²) in [4.78, 5) is 26.2. The normalized spacial score (nSPS) is 11.5. The zero-order valence-electron chi connectivity index (χ0n) is 14.0. The second kappa shape index (κ2) is 6.42. The van der Waals surface area contributed by atoms with E-state index in [1.807, 2.05) is 38.1 Å². The molecule has 0 saturated heterocycles. The molecule has 0 saturated carbocycles. The van der Waals surface area contributed by atoms with E-state index in [1.165, 1.54) is 15.6 Å². The Morgan fingerprint density at radius 1 is 1.30 bits per heavy atom. The predicted molar refractivity (Wildman–Crippen MR) is 89.0 cm³/mol. The monoisotopic (exact) mass is 317 g/mol. The molecule has 23 heavy (non-hydrogen) atoms. The fraction of sp³-hybridized carbons (Fsp3) is 0.412. The van der Waals surface area contributed by atoms with Crippen molar-refractivity contribution in [3.05, 3.63) is 51.9 Å². The van der Waals surface area contributed by atoms with Crippen LogP contribution in [0.25, 0.3) is 5.69 Å². The maximum Gasteiger partial charge on any atom is 0.272 e. The molecule has 0 atom stereocenters. The summed E-state index contributed by atoms with van der Waals surface area (Å²) in [6, 6.07) is 8.72. The summed E-state index contributed by atoms with van der Waals surface area (Å²) < 4.78 is 1.34. The van der Waals surface area contributed by atoms with Gasteiger partial charge in [0.15, 0.2) is 0 Å². The molecule has 6 heteroatoms. The van der Waals surface area contributed by atoms with E-state index >= 15 is 0 Å². The van der Waals surface area contributed by atoms with Crippen molar-refractivity contribution in [2.75, 3.05) is 13.1 Å². The molecule has 0 aliphatic carbocycles. The third-order valence-corrected chi connectivity index (χ3v) is 3.49. The van der Waals surface area contributed by atoms with Gasteiger partial charge in [-0.05, 0) is 39.8 Å². The van der Waals surface area contributed by atoms with Crippen LogP contribution < -0.4 is 5.56 Å². The molecule has 2 aromatic rings. The first-order chi connectivity index (χ1) is 10.7. The second-order valence-electron chi connectivity index (χ2n) is 6.31. The zero-order valence-corrected chi connectivity index (χ0v) is 14.0. The fourth-order valence-electron chi connectivity index (χ4n) is 2.36. The van der Waals surface area contributed by atoms with Crippen LogP contribution >= 0.6 is 0 Å². The van der Waals surface area contributed by atoms with Crippen LogP contribution in [0.2, 0.25) is 0 Å². The fourth-order valence-corrected chi connectivity index (χ4v) is 2.36. The molecule has 0 bridgehead atoms. The van der Waals surface area contributed by atoms with Gasteiger partial charge in [0.2, 0.25) is 0 Å². The van der Waals surface area contributed by atoms with Gasteiger partial charge in [0.05, 0.1) is 11.3 Å². The summed E-state index contributed by atoms with van der Waals surface area (Å²) >= 11 is 0. The lowest BCUT2D eigenvalue weighted by atomic mass is 10.1. The van der Waals surface area contributed by atoms with Crippen LogP contribution in [0, 0.1) is 6.92 Å². The number of aryl methyl sites for hydroxylation is 1. The number of H-pyrrole nitrogens is 1. The number of carbonyl (C=O) groups excluding carboxylic acids is 1. The molecule has 1 heterocycles. The van der Waals surface area contributed by atoms with E-state index in [2.05, 4.69) is 5.10 Å². The molecule has 0 radical (unpaired) electrons. The van der Waals surface area contributed by atoms with Crippen LogP contribution in [0.5, 0.6) is 0 Å². The Hall–Kier alpha value is -2.34. The number of nitrogens with one attached hydrogen (secondary N) is 1. The highest BCUT2D eigenvalue weighted by molar-refractivity contribution is 5.92. The van der Waals surface area contributed by atoms with Gasteiger partial charge in [-0.2, -0.15) is 0 Å². The van der Waals surface area contributed by atoms with Gasteiger partial charge in [0.25, 0.3) is 11.5 Å². The largest absolute Gasteiger partial charge is 0.389 e. The van der Waals surface area contributed by atoms with Gasteiger partial charge in [0, 0.05) is 19.2 Å². The molecular formula is C17H23N3O3. The Labute approximate surface area is 135 Å². The highest BCUT2D eigenvalue weighted by Crippen LogP contribution is 2.10. The predicted octanol–water partition coefficient (Wildman–Crippen LogP) is 1.71. The molecule has 2 N–H and O–H groups in total. The summed E-state index contributed by atoms with van der Waals surface area (Å²) in [5, 5.41) is 12.8. The Morgan fingerprint density at radius 2 is 1.91 bits per heavy atom. The third kappa shape index (κ3) is 4.10. The molecule has 124 valence electrons. The van der Waals surface area contributed by atoms with Gasteiger partial charge in [-0.25, -0.2) is 4.68 Å². The maximum atomic E-state index is 12.5. The number of likely N-dealkylation sites (N-methyl/N-ethyl adjacent to an activating group) is 1. The van der Waals surface area contributed by atoms with E-state index in [4.69, 9.17) is 0 Å². The number of carbonyl (C=O) groups is 1. The average molecular weight is 317 g/mol. The van der Waals surface area contributed by atoms with Crippen LogP contribution in [0.1, 0.15) is 36.8 Å². The van der Waals surface area contributed by atoms with E-state index in [9.17, 15) is 14.7 Å². The van der Waals surface area contributed by atoms with E-state index in [0.29, 0.717) is 12.2 Å². The van der Waals surface area contributed by atoms with Crippen LogP contribution in [0.15, 0.2) is 35.1 Å². The van der Waals surface area contributed by atoms with Crippen molar-refractivity contribution >= 4 is 5.91 Å². The summed E-state index contributed by atoms with van der Waals surface area (Å²) in [5.74, 6) is -0.308. The van der Waals surface area contributed by atoms with Gasteiger partial charge < -0.3 is 10.0 Å². The summed E-state index contributed by atoms with van der Waals surface area (Å²) in [7, 11) is 0. The topological polar surface area (TPSA) is 78.3 Å². The molecule has 6 nitrogen and oxygen atoms in total. The maximum absolute atomic E-state index is 12.5. The Balaban J connectivity index is 2.31. The SMILES string of the molecule is CCN(CC(C)(C)O)C(=O)c1cc(=O)n(-c2ccc(C)cc2)[nH]1. The Bertz CT molecular complexity index is 736. The molecule has 1 aromatic carbocycles. The van der Waals surface area contributed by atoms with Crippen molar-refractivity contribution in [2.24, 2.45) is 0 Å². The molecule has 1 amide bonds. The number of aliphatic hydroxyl groups is 1. The highest BCUT2D eigenvalue weighted by Gasteiger charge is 2.24. The summed E-state index contributed by atoms with van der Waals surface area (Å²) in [5.41, 5.74) is 0.682. The van der Waals surface area contributed by atoms with Crippen molar-refractivity contribution < 1.29 is 9.90 Å². The van der Waals surface area contributed by atoms with Gasteiger partial charge in [-0.15, -0.1) is 0 Å². The zero-order chi connectivity index (χ0) is 17.2. The van der Waals surface area contributed by atoms with E-state index in [0.717, 1.165) is 5.56 Å². The van der Waals surface area contributed by atoms with Crippen molar-refractivity contribution in [3.63, 3.8) is 0 Å². The molecule has 0 aliphatic rings. The van der Waals surface area contributed by atoms with Gasteiger partial charge >= 0.3 is 0 Å². The molecule has 2 rings (SSSR count). The lowest BCUT2D eigenvalue weighted by molar-refractivity contribution is 0.0311. The van der Waals surface area contributed by atoms with Crippen molar-refractivity contribution in [2.45, 2.75) is 33.3 Å². The van der Waals surface area contributed by atoms with Gasteiger partial charge in [0.1, 0.15) is 5.69 Å². The highest BCUT2D eigenvalue weighted by atomic mass is 16.3. The number of amides is 1. The number of benzene rings is 1. The molecule has 0 aliphatic heterocycles. The smallest absolute Gasteiger partial charge is 0.272 e. The lowest BCUT2D eigenvalue weighted by Gasteiger charge is -2.27. The Kier molecular flexibility index (Phi) is 4.75. The van der Waals surface area contributed by atoms with E-state index < -0.39 is 5.60 Å². The van der Waals surface area contributed by atoms with Crippen LogP contribution in [-0.4, -0.2) is 44.4 Å². The minimum absolute atomic E-state index is 0.195. The number of rotatable bonds is 5. The van der Waals surface area contributed by atoms with Crippen LogP contribution in [0.3, 0.4) is 0 Å². The van der Waals surface area contributed by atoms with Crippen molar-refractivity contribution in [1.82, 2.24) is 14.7 Å². The first-order valence-corrected chi connectivity index (χ1v) is 7.62. The lowest BCUT2D eigenvalue weighted by Crippen LogP contribution is -2.42. The first kappa shape index (κ1) is 17.0. The minimum Gasteiger partial charge on any atom is -0.389 e. The minimum atomic E-state index is -0.995. The standard InChI is InChI=1S/C17H23N3O3/c1-5-19(11-17(3,4)23)16(22)14-10-15(21)20(18-14)13-8-6-12(2)7-9-13/h6-10,18,23H,5,11H2,1-4H3. The summed E-state index contributed by atoms with van der Waals surface area (Å²) in [6.07, 6.45) is 0. The molecular weight excluding hydrogens is 294 g/mol. The molecule has 0 unspecified atom stereocenters. The van der Waals surface area contributed by atoms with Crippen molar-refractivity contribution in [1.29, 1.82) is 0 Å². The first-order valence-electron chi connectivity index (χ1n) is 7.62. The number of aromatic amines is 1. The molecule has 1 aromatic heterocycles. The quantitative estimate of drug-likeness (QED) is 0.881. The van der Waals surface area contributed by atoms with Gasteiger partial charge in [-0.3, -0.25) is 14.7 Å². The van der Waals surface area contributed by atoms with E-state index in [-0.39, 0.29) is 23.7 Å². The third-order valence-electron chi connectivity index (χ3n) is 3.49. The summed E-state index contributed by atoms with van der Waals surface area (Å²) in [6.45, 7) is 7.72. The number of hydrogen-bond acceptors (Lipinski definition) is 3. The van der Waals surface area contributed by atoms with Crippen LogP contribution in [0.4, 0.5) is 0 Å².